The maximum absolute atomic E-state index is 12.5. The third-order valence-electron chi connectivity index (χ3n) is 5.24. The first kappa shape index (κ1) is 25.1. The fourth-order valence-corrected chi connectivity index (χ4v) is 6.71. The molecule has 2 atom stereocenters. The monoisotopic (exact) mass is 512 g/mol. The lowest BCUT2D eigenvalue weighted by molar-refractivity contribution is 0.524. The van der Waals surface area contributed by atoms with Crippen molar-refractivity contribution in [3.8, 4) is 10.8 Å². The summed E-state index contributed by atoms with van der Waals surface area (Å²) in [6, 6.07) is 1.84. The van der Waals surface area contributed by atoms with Gasteiger partial charge in [0, 0.05) is 12.6 Å². The lowest BCUT2D eigenvalue weighted by Crippen LogP contribution is -2.47. The van der Waals surface area contributed by atoms with Crippen molar-refractivity contribution in [1.29, 1.82) is 0 Å². The summed E-state index contributed by atoms with van der Waals surface area (Å²) in [5.41, 5.74) is 8.50. The van der Waals surface area contributed by atoms with Gasteiger partial charge in [0.2, 0.25) is 11.9 Å². The molecule has 0 bridgehead atoms. The summed E-state index contributed by atoms with van der Waals surface area (Å²) in [5.74, 6) is 1.87. The highest BCUT2D eigenvalue weighted by atomic mass is 35.5. The van der Waals surface area contributed by atoms with E-state index < -0.39 is 16.5 Å². The van der Waals surface area contributed by atoms with E-state index in [2.05, 4.69) is 36.6 Å². The minimum atomic E-state index is -1.27. The summed E-state index contributed by atoms with van der Waals surface area (Å²) in [6.45, 7) is 10.3. The van der Waals surface area contributed by atoms with Crippen molar-refractivity contribution in [3.63, 3.8) is 0 Å². The molecule has 174 valence electrons. The summed E-state index contributed by atoms with van der Waals surface area (Å²) in [4.78, 5) is 10.9. The molecule has 6 nitrogen and oxygen atoms in total. The van der Waals surface area contributed by atoms with E-state index in [0.717, 1.165) is 39.6 Å². The van der Waals surface area contributed by atoms with E-state index in [1.54, 1.807) is 18.8 Å². The molecule has 3 heterocycles. The predicted octanol–water partition coefficient (Wildman–Crippen LogP) is 6.17. The molecule has 32 heavy (non-hydrogen) atoms. The number of allylic oxidation sites excluding steroid dienone is 2. The maximum Gasteiger partial charge on any atom is 0.237 e. The van der Waals surface area contributed by atoms with Crippen LogP contribution in [0.5, 0.6) is 0 Å². The first-order valence-electron chi connectivity index (χ1n) is 10.3. The Balaban J connectivity index is 1.95. The van der Waals surface area contributed by atoms with Gasteiger partial charge >= 0.3 is 0 Å². The van der Waals surface area contributed by atoms with Gasteiger partial charge in [-0.3, -0.25) is 4.31 Å². The zero-order valence-corrected chi connectivity index (χ0v) is 22.4. The molecule has 0 amide bonds. The van der Waals surface area contributed by atoms with Gasteiger partial charge in [-0.15, -0.1) is 23.1 Å². The second kappa shape index (κ2) is 10.2. The second-order valence-electron chi connectivity index (χ2n) is 7.90. The average Bonchev–Trinajstić information content (AvgIpc) is 3.35. The van der Waals surface area contributed by atoms with E-state index in [4.69, 9.17) is 26.7 Å². The normalized spacial score (nSPS) is 22.4. The van der Waals surface area contributed by atoms with Crippen LogP contribution in [0.3, 0.4) is 0 Å². The smallest absolute Gasteiger partial charge is 0.237 e. The number of halogens is 1. The number of nitrogens with zero attached hydrogens (tertiary/aromatic N) is 3. The number of aryl methyl sites for hydroxylation is 1. The molecule has 0 saturated heterocycles. The van der Waals surface area contributed by atoms with Gasteiger partial charge in [-0.2, -0.15) is 0 Å². The zero-order chi connectivity index (χ0) is 23.6. The van der Waals surface area contributed by atoms with E-state index in [9.17, 15) is 4.21 Å². The van der Waals surface area contributed by atoms with Crippen LogP contribution in [0.25, 0.3) is 16.3 Å². The summed E-state index contributed by atoms with van der Waals surface area (Å²) < 4.78 is 20.2. The van der Waals surface area contributed by atoms with Crippen molar-refractivity contribution in [2.75, 3.05) is 12.8 Å². The lowest BCUT2D eigenvalue weighted by atomic mass is 10.0. The summed E-state index contributed by atoms with van der Waals surface area (Å²) in [7, 11) is 0.399. The molecule has 1 aliphatic heterocycles. The zero-order valence-electron chi connectivity index (χ0n) is 19.2. The van der Waals surface area contributed by atoms with E-state index >= 15 is 0 Å². The van der Waals surface area contributed by atoms with E-state index in [1.165, 1.54) is 21.2 Å². The molecule has 0 spiro atoms. The van der Waals surface area contributed by atoms with Gasteiger partial charge < -0.3 is 10.2 Å². The topological polar surface area (TPSA) is 84.7 Å². The number of hydrogen-bond donors (Lipinski definition) is 1. The van der Waals surface area contributed by atoms with E-state index in [0.29, 0.717) is 16.7 Å². The number of aromatic nitrogens is 1. The van der Waals surface area contributed by atoms with Crippen molar-refractivity contribution in [3.05, 3.63) is 43.8 Å². The Hall–Kier alpha value is -1.55. The Labute approximate surface area is 205 Å². The Bertz CT molecular complexity index is 1120. The van der Waals surface area contributed by atoms with Crippen LogP contribution in [0.4, 0.5) is 0 Å². The number of thiophene rings is 1. The minimum absolute atomic E-state index is 0.236. The third-order valence-corrected chi connectivity index (χ3v) is 9.66. The summed E-state index contributed by atoms with van der Waals surface area (Å²) >= 11 is 9.70. The minimum Gasteiger partial charge on any atom is -0.435 e. The molecule has 2 unspecified atom stereocenters. The van der Waals surface area contributed by atoms with Crippen molar-refractivity contribution in [2.45, 2.75) is 53.0 Å². The molecule has 3 rings (SSSR count). The number of oxazole rings is 1. The molecule has 2 aromatic heterocycles. The molecule has 0 aromatic carbocycles. The molecule has 0 saturated carbocycles. The molecular weight excluding hydrogens is 484 g/mol. The fraction of sp³-hybridized carbons (Fsp3) is 0.455. The molecule has 0 aliphatic carbocycles. The highest BCUT2D eigenvalue weighted by molar-refractivity contribution is 8.05. The van der Waals surface area contributed by atoms with Gasteiger partial charge in [-0.25, -0.2) is 14.2 Å². The number of hydrogen-bond acceptors (Lipinski definition) is 7. The molecule has 0 fully saturated rings. The standard InChI is InChI=1S/C22H29ClN4O2S3/c1-7-13(3)10-30-11-14(4)18-16(8-2)25-20(29-18)17-9-15(23)19(31-17)22(5)12-32(28)27(6)21(24)26-22/h9-11H,7-8,12H2,1-6H3,(H2,24,26). The predicted molar refractivity (Wildman–Crippen MR) is 139 cm³/mol. The number of rotatable bonds is 7. The van der Waals surface area contributed by atoms with Crippen LogP contribution in [-0.4, -0.2) is 32.3 Å². The highest BCUT2D eigenvalue weighted by Gasteiger charge is 2.39. The first-order chi connectivity index (χ1) is 15.1. The highest BCUT2D eigenvalue weighted by Crippen LogP contribution is 2.44. The number of guanidine groups is 1. The van der Waals surface area contributed by atoms with Gasteiger partial charge in [0.25, 0.3) is 0 Å². The first-order valence-corrected chi connectivity index (χ1v) is 13.8. The number of aliphatic imine (C=N–C) groups is 1. The molecule has 10 heteroatoms. The van der Waals surface area contributed by atoms with Crippen LogP contribution in [0.15, 0.2) is 31.9 Å². The Morgan fingerprint density at radius 3 is 2.78 bits per heavy atom. The van der Waals surface area contributed by atoms with Gasteiger partial charge in [0.1, 0.15) is 16.5 Å². The molecular formula is C22H29ClN4O2S3. The maximum atomic E-state index is 12.5. The van der Waals surface area contributed by atoms with Crippen LogP contribution < -0.4 is 5.73 Å². The molecule has 2 aromatic rings. The fourth-order valence-electron chi connectivity index (χ4n) is 3.15. The van der Waals surface area contributed by atoms with Gasteiger partial charge in [0.15, 0.2) is 5.76 Å². The molecule has 0 radical (unpaired) electrons. The largest absolute Gasteiger partial charge is 0.435 e. The average molecular weight is 513 g/mol. The van der Waals surface area contributed by atoms with E-state index in [-0.39, 0.29) is 5.96 Å². The van der Waals surface area contributed by atoms with Crippen LogP contribution in [-0.2, 0) is 22.9 Å². The van der Waals surface area contributed by atoms with Crippen molar-refractivity contribution < 1.29 is 8.63 Å². The van der Waals surface area contributed by atoms with Gasteiger partial charge in [-0.1, -0.05) is 31.0 Å². The SMILES string of the molecule is CCC(C)=CSC=C(C)c1oc(-c2cc(Cl)c(C3(C)CS(=O)N(C)C(N)=N3)s2)nc1CC. The molecule has 2 N–H and O–H groups in total. The summed E-state index contributed by atoms with van der Waals surface area (Å²) in [6.07, 6.45) is 1.79. The lowest BCUT2D eigenvalue weighted by Gasteiger charge is -2.33. The molecule has 1 aliphatic rings. The van der Waals surface area contributed by atoms with Crippen LogP contribution in [0, 0.1) is 0 Å². The number of nitrogens with two attached hydrogens (primary N) is 1. The quantitative estimate of drug-likeness (QED) is 0.479. The van der Waals surface area contributed by atoms with Crippen LogP contribution in [0.1, 0.15) is 57.4 Å². The third kappa shape index (κ3) is 5.16. The van der Waals surface area contributed by atoms with Gasteiger partial charge in [0.05, 0.1) is 26.2 Å². The Kier molecular flexibility index (Phi) is 7.96. The van der Waals surface area contributed by atoms with E-state index in [1.807, 2.05) is 19.9 Å². The Morgan fingerprint density at radius 1 is 1.44 bits per heavy atom. The Morgan fingerprint density at radius 2 is 2.16 bits per heavy atom. The number of thioether (sulfide) groups is 1. The van der Waals surface area contributed by atoms with Crippen molar-refractivity contribution in [1.82, 2.24) is 9.29 Å². The van der Waals surface area contributed by atoms with Crippen molar-refractivity contribution >= 4 is 57.2 Å². The van der Waals surface area contributed by atoms with Crippen LogP contribution >= 0.6 is 34.7 Å². The van der Waals surface area contributed by atoms with Gasteiger partial charge in [-0.05, 0) is 50.5 Å². The summed E-state index contributed by atoms with van der Waals surface area (Å²) in [5, 5.41) is 4.78. The van der Waals surface area contributed by atoms with Crippen LogP contribution in [0.2, 0.25) is 5.02 Å². The van der Waals surface area contributed by atoms with Crippen molar-refractivity contribution in [2.24, 2.45) is 10.7 Å². The second-order valence-corrected chi connectivity index (χ2v) is 11.6.